The predicted octanol–water partition coefficient (Wildman–Crippen LogP) is 0.662. The van der Waals surface area contributed by atoms with Gasteiger partial charge in [-0.3, -0.25) is 4.40 Å². The monoisotopic (exact) mass is 293 g/mol. The van der Waals surface area contributed by atoms with Crippen molar-refractivity contribution in [1.29, 1.82) is 5.26 Å². The van der Waals surface area contributed by atoms with Gasteiger partial charge in [0, 0.05) is 11.8 Å². The quantitative estimate of drug-likeness (QED) is 0.700. The van der Waals surface area contributed by atoms with E-state index in [2.05, 4.69) is 9.97 Å². The standard InChI is InChI=1S/C15H10N4O3/c16-5-6-22-11-3-1-10(2-4-11)13-7-18-14-8-17-12(15(20)21)9-19(13)14/h1-4,7-9H,6H2,(H,20,21)/p-1. The second kappa shape index (κ2) is 5.54. The van der Waals surface area contributed by atoms with Crippen LogP contribution in [-0.2, 0) is 0 Å². The van der Waals surface area contributed by atoms with Gasteiger partial charge in [0.25, 0.3) is 0 Å². The minimum atomic E-state index is -1.35. The molecule has 0 radical (unpaired) electrons. The van der Waals surface area contributed by atoms with E-state index in [1.165, 1.54) is 12.4 Å². The van der Waals surface area contributed by atoms with Gasteiger partial charge in [-0.25, -0.2) is 9.97 Å². The first-order chi connectivity index (χ1) is 10.7. The summed E-state index contributed by atoms with van der Waals surface area (Å²) in [5, 5.41) is 19.4. The van der Waals surface area contributed by atoms with Crippen LogP contribution in [0.1, 0.15) is 10.5 Å². The summed E-state index contributed by atoms with van der Waals surface area (Å²) in [5.74, 6) is -0.766. The van der Waals surface area contributed by atoms with Crippen LogP contribution in [0.15, 0.2) is 42.9 Å². The van der Waals surface area contributed by atoms with E-state index in [0.717, 1.165) is 5.56 Å². The molecule has 2 heterocycles. The first-order valence-electron chi connectivity index (χ1n) is 6.33. The van der Waals surface area contributed by atoms with E-state index >= 15 is 0 Å². The molecule has 0 N–H and O–H groups in total. The molecule has 3 rings (SSSR count). The molecule has 0 fully saturated rings. The second-order valence-corrected chi connectivity index (χ2v) is 4.40. The van der Waals surface area contributed by atoms with Crippen LogP contribution in [0.4, 0.5) is 0 Å². The third-order valence-corrected chi connectivity index (χ3v) is 3.06. The number of carboxylic acids is 1. The molecule has 0 saturated carbocycles. The van der Waals surface area contributed by atoms with Gasteiger partial charge >= 0.3 is 0 Å². The highest BCUT2D eigenvalue weighted by atomic mass is 16.5. The van der Waals surface area contributed by atoms with Crippen molar-refractivity contribution in [3.8, 4) is 23.1 Å². The molecule has 0 saturated heterocycles. The molecule has 0 aliphatic heterocycles. The molecule has 0 aliphatic carbocycles. The lowest BCUT2D eigenvalue weighted by molar-refractivity contribution is -0.255. The average Bonchev–Trinajstić information content (AvgIpc) is 2.96. The summed E-state index contributed by atoms with van der Waals surface area (Å²) in [5.41, 5.74) is 1.91. The predicted molar refractivity (Wildman–Crippen MR) is 73.9 cm³/mol. The number of nitriles is 1. The molecular weight excluding hydrogens is 284 g/mol. The van der Waals surface area contributed by atoms with Crippen molar-refractivity contribution >= 4 is 11.6 Å². The van der Waals surface area contributed by atoms with E-state index in [1.807, 2.05) is 6.07 Å². The van der Waals surface area contributed by atoms with E-state index < -0.39 is 5.97 Å². The fraction of sp³-hybridized carbons (Fsp3) is 0.0667. The van der Waals surface area contributed by atoms with Crippen LogP contribution in [0.2, 0.25) is 0 Å². The summed E-state index contributed by atoms with van der Waals surface area (Å²) in [7, 11) is 0. The summed E-state index contributed by atoms with van der Waals surface area (Å²) < 4.78 is 6.81. The number of carbonyl (C=O) groups is 1. The first-order valence-corrected chi connectivity index (χ1v) is 6.33. The van der Waals surface area contributed by atoms with Gasteiger partial charge in [-0.2, -0.15) is 5.26 Å². The Bertz CT molecular complexity index is 878. The van der Waals surface area contributed by atoms with Crippen molar-refractivity contribution in [2.24, 2.45) is 0 Å². The maximum atomic E-state index is 10.9. The Morgan fingerprint density at radius 3 is 2.73 bits per heavy atom. The molecule has 0 amide bonds. The van der Waals surface area contributed by atoms with Gasteiger partial charge in [-0.1, -0.05) is 0 Å². The van der Waals surface area contributed by atoms with Crippen LogP contribution >= 0.6 is 0 Å². The second-order valence-electron chi connectivity index (χ2n) is 4.40. The smallest absolute Gasteiger partial charge is 0.174 e. The van der Waals surface area contributed by atoms with Gasteiger partial charge in [0.05, 0.1) is 24.1 Å². The van der Waals surface area contributed by atoms with Crippen molar-refractivity contribution in [2.75, 3.05) is 6.61 Å². The molecule has 7 heteroatoms. The Hall–Kier alpha value is -3.40. The van der Waals surface area contributed by atoms with Crippen molar-refractivity contribution in [1.82, 2.24) is 14.4 Å². The number of hydrogen-bond donors (Lipinski definition) is 0. The van der Waals surface area contributed by atoms with Crippen LogP contribution in [0.5, 0.6) is 5.75 Å². The number of benzene rings is 1. The Balaban J connectivity index is 2.00. The van der Waals surface area contributed by atoms with E-state index in [4.69, 9.17) is 10.00 Å². The third-order valence-electron chi connectivity index (χ3n) is 3.06. The Morgan fingerprint density at radius 1 is 1.27 bits per heavy atom. The van der Waals surface area contributed by atoms with E-state index in [1.54, 1.807) is 34.9 Å². The molecule has 0 bridgehead atoms. The molecule has 0 unspecified atom stereocenters. The molecule has 22 heavy (non-hydrogen) atoms. The molecule has 1 aromatic carbocycles. The molecule has 108 valence electrons. The minimum Gasteiger partial charge on any atom is -0.543 e. The summed E-state index contributed by atoms with van der Waals surface area (Å²) in [6.07, 6.45) is 4.37. The number of fused-ring (bicyclic) bond motifs is 1. The minimum absolute atomic E-state index is 0.0183. The fourth-order valence-corrected chi connectivity index (χ4v) is 2.05. The van der Waals surface area contributed by atoms with Gasteiger partial charge in [0.1, 0.15) is 17.5 Å². The summed E-state index contributed by atoms with van der Waals surface area (Å²) in [6.45, 7) is -0.0183. The zero-order chi connectivity index (χ0) is 15.5. The Labute approximate surface area is 125 Å². The number of hydrogen-bond acceptors (Lipinski definition) is 6. The van der Waals surface area contributed by atoms with Crippen LogP contribution in [0, 0.1) is 11.3 Å². The highest BCUT2D eigenvalue weighted by Gasteiger charge is 2.08. The number of imidazole rings is 1. The lowest BCUT2D eigenvalue weighted by Gasteiger charge is -2.06. The number of aromatic nitrogens is 3. The summed E-state index contributed by atoms with van der Waals surface area (Å²) >= 11 is 0. The topological polar surface area (TPSA) is 103 Å². The highest BCUT2D eigenvalue weighted by Crippen LogP contribution is 2.23. The van der Waals surface area contributed by atoms with Crippen molar-refractivity contribution in [3.05, 3.63) is 48.5 Å². The largest absolute Gasteiger partial charge is 0.543 e. The van der Waals surface area contributed by atoms with E-state index in [9.17, 15) is 9.90 Å². The number of carboxylic acid groups (broad SMARTS) is 1. The first kappa shape index (κ1) is 13.6. The Morgan fingerprint density at radius 2 is 2.05 bits per heavy atom. The zero-order valence-electron chi connectivity index (χ0n) is 11.3. The van der Waals surface area contributed by atoms with E-state index in [-0.39, 0.29) is 12.3 Å². The highest BCUT2D eigenvalue weighted by molar-refractivity contribution is 5.83. The zero-order valence-corrected chi connectivity index (χ0v) is 11.3. The number of rotatable bonds is 4. The fourth-order valence-electron chi connectivity index (χ4n) is 2.05. The normalized spacial score (nSPS) is 10.3. The van der Waals surface area contributed by atoms with E-state index in [0.29, 0.717) is 17.1 Å². The van der Waals surface area contributed by atoms with Crippen molar-refractivity contribution in [2.45, 2.75) is 0 Å². The van der Waals surface area contributed by atoms with Gasteiger partial charge < -0.3 is 14.6 Å². The lowest BCUT2D eigenvalue weighted by atomic mass is 10.1. The van der Waals surface area contributed by atoms with Gasteiger partial charge in [-0.05, 0) is 24.3 Å². The molecular formula is C15H9N4O3-. The number of nitrogens with zero attached hydrogens (tertiary/aromatic N) is 4. The molecule has 2 aromatic heterocycles. The number of aromatic carboxylic acids is 1. The molecule has 0 atom stereocenters. The van der Waals surface area contributed by atoms with Crippen LogP contribution in [0.3, 0.4) is 0 Å². The Kier molecular flexibility index (Phi) is 3.42. The van der Waals surface area contributed by atoms with Crippen LogP contribution in [0.25, 0.3) is 16.9 Å². The number of ether oxygens (including phenoxy) is 1. The third kappa shape index (κ3) is 2.45. The van der Waals surface area contributed by atoms with Gasteiger partial charge in [-0.15, -0.1) is 0 Å². The molecule has 0 spiro atoms. The molecule has 0 aliphatic rings. The maximum absolute atomic E-state index is 10.9. The summed E-state index contributed by atoms with van der Waals surface area (Å²) in [4.78, 5) is 18.9. The van der Waals surface area contributed by atoms with Gasteiger partial charge in [0.2, 0.25) is 0 Å². The van der Waals surface area contributed by atoms with Crippen LogP contribution in [-0.4, -0.2) is 26.9 Å². The SMILES string of the molecule is N#CCOc1ccc(-c2cnc3cnc(C(=O)[O-])cn23)cc1. The maximum Gasteiger partial charge on any atom is 0.174 e. The van der Waals surface area contributed by atoms with Crippen molar-refractivity contribution in [3.63, 3.8) is 0 Å². The lowest BCUT2D eigenvalue weighted by Crippen LogP contribution is -2.23. The van der Waals surface area contributed by atoms with Gasteiger partial charge in [0.15, 0.2) is 12.3 Å². The van der Waals surface area contributed by atoms with Crippen LogP contribution < -0.4 is 9.84 Å². The van der Waals surface area contributed by atoms with Crippen molar-refractivity contribution < 1.29 is 14.6 Å². The molecule has 3 aromatic rings. The average molecular weight is 293 g/mol. The summed E-state index contributed by atoms with van der Waals surface area (Å²) in [6, 6.07) is 8.95. The molecule has 7 nitrogen and oxygen atoms in total. The number of carbonyl (C=O) groups excluding carboxylic acids is 1.